The van der Waals surface area contributed by atoms with Gasteiger partial charge in [-0.1, -0.05) is 37.3 Å². The number of ether oxygens (including phenoxy) is 2. The molecule has 0 spiro atoms. The second kappa shape index (κ2) is 10.1. The number of benzene rings is 2. The summed E-state index contributed by atoms with van der Waals surface area (Å²) in [6.45, 7) is 3.60. The minimum absolute atomic E-state index is 0.154. The van der Waals surface area contributed by atoms with Crippen LogP contribution in [0.3, 0.4) is 0 Å². The Kier molecular flexibility index (Phi) is 7.33. The Morgan fingerprint density at radius 2 is 2.00 bits per heavy atom. The van der Waals surface area contributed by atoms with Crippen LogP contribution >= 0.6 is 0 Å². The van der Waals surface area contributed by atoms with Crippen LogP contribution in [0.2, 0.25) is 0 Å². The highest BCUT2D eigenvalue weighted by molar-refractivity contribution is 5.85. The highest BCUT2D eigenvalue weighted by Crippen LogP contribution is 2.31. The Hall–Kier alpha value is -3.02. The van der Waals surface area contributed by atoms with Gasteiger partial charge in [0.2, 0.25) is 18.0 Å². The predicted molar refractivity (Wildman–Crippen MR) is 115 cm³/mol. The van der Waals surface area contributed by atoms with Gasteiger partial charge in [0.05, 0.1) is 13.5 Å². The van der Waals surface area contributed by atoms with E-state index in [-0.39, 0.29) is 18.2 Å². The van der Waals surface area contributed by atoms with Crippen molar-refractivity contribution < 1.29 is 19.1 Å². The molecule has 1 saturated heterocycles. The van der Waals surface area contributed by atoms with Crippen LogP contribution in [-0.4, -0.2) is 30.2 Å². The third kappa shape index (κ3) is 5.32. The Labute approximate surface area is 178 Å². The molecular weight excluding hydrogens is 380 g/mol. The van der Waals surface area contributed by atoms with E-state index >= 15 is 0 Å². The van der Waals surface area contributed by atoms with Gasteiger partial charge in [0.1, 0.15) is 11.5 Å². The van der Waals surface area contributed by atoms with Crippen molar-refractivity contribution >= 4 is 11.8 Å². The number of carbonyl (C=O) groups excluding carboxylic acids is 2. The Morgan fingerprint density at radius 3 is 2.63 bits per heavy atom. The average Bonchev–Trinajstić information content (AvgIpc) is 2.76. The van der Waals surface area contributed by atoms with Gasteiger partial charge in [-0.15, -0.1) is 0 Å². The van der Waals surface area contributed by atoms with E-state index in [1.54, 1.807) is 7.11 Å². The molecule has 0 radical (unpaired) electrons. The Bertz CT molecular complexity index is 869. The number of nitrogens with one attached hydrogen (secondary N) is 1. The summed E-state index contributed by atoms with van der Waals surface area (Å²) >= 11 is 0. The highest BCUT2D eigenvalue weighted by atomic mass is 16.5. The van der Waals surface area contributed by atoms with Crippen molar-refractivity contribution in [2.75, 3.05) is 7.11 Å². The molecule has 1 aliphatic rings. The quantitative estimate of drug-likeness (QED) is 0.596. The first kappa shape index (κ1) is 21.7. The minimum atomic E-state index is -0.485. The largest absolute Gasteiger partial charge is 0.497 e. The highest BCUT2D eigenvalue weighted by Gasteiger charge is 2.39. The maximum absolute atomic E-state index is 11.8. The molecule has 2 amide bonds. The van der Waals surface area contributed by atoms with E-state index in [0.717, 1.165) is 42.7 Å². The zero-order valence-corrected chi connectivity index (χ0v) is 17.9. The van der Waals surface area contributed by atoms with Gasteiger partial charge in [-0.2, -0.15) is 0 Å². The topological polar surface area (TPSA) is 67.9 Å². The molecule has 2 aromatic rings. The second-order valence-electron chi connectivity index (χ2n) is 7.59. The lowest BCUT2D eigenvalue weighted by molar-refractivity contribution is -0.172. The number of hydrazine groups is 1. The number of amides is 2. The smallest absolute Gasteiger partial charge is 0.250 e. The van der Waals surface area contributed by atoms with Crippen LogP contribution in [0, 0.1) is 0 Å². The van der Waals surface area contributed by atoms with Crippen molar-refractivity contribution in [2.45, 2.75) is 58.1 Å². The fourth-order valence-electron chi connectivity index (χ4n) is 3.80. The van der Waals surface area contributed by atoms with Gasteiger partial charge in [-0.25, -0.2) is 5.01 Å². The fraction of sp³-hybridized carbons (Fsp3) is 0.417. The number of methoxy groups -OCH3 is 1. The average molecular weight is 411 g/mol. The van der Waals surface area contributed by atoms with E-state index in [9.17, 15) is 9.59 Å². The number of carbonyl (C=O) groups is 2. The molecule has 0 saturated carbocycles. The third-order valence-corrected chi connectivity index (χ3v) is 5.48. The fourth-order valence-corrected chi connectivity index (χ4v) is 3.80. The molecule has 0 aliphatic carbocycles. The second-order valence-corrected chi connectivity index (χ2v) is 7.59. The molecule has 1 N–H and O–H groups in total. The van der Waals surface area contributed by atoms with E-state index in [1.165, 1.54) is 17.5 Å². The number of aryl methyl sites for hydroxylation is 1. The molecular formula is C24H30N2O4. The minimum Gasteiger partial charge on any atom is -0.497 e. The van der Waals surface area contributed by atoms with Gasteiger partial charge in [0.15, 0.2) is 0 Å². The molecule has 1 aliphatic heterocycles. The van der Waals surface area contributed by atoms with Crippen LogP contribution in [0.1, 0.15) is 56.6 Å². The van der Waals surface area contributed by atoms with Gasteiger partial charge < -0.3 is 9.47 Å². The monoisotopic (exact) mass is 410 g/mol. The van der Waals surface area contributed by atoms with Crippen molar-refractivity contribution in [3.8, 4) is 11.5 Å². The lowest BCUT2D eigenvalue weighted by Gasteiger charge is -2.39. The van der Waals surface area contributed by atoms with Crippen molar-refractivity contribution in [1.82, 2.24) is 10.4 Å². The lowest BCUT2D eigenvalue weighted by Crippen LogP contribution is -2.62. The molecule has 1 fully saturated rings. The maximum Gasteiger partial charge on any atom is 0.250 e. The molecule has 2 unspecified atom stereocenters. The zero-order valence-electron chi connectivity index (χ0n) is 17.9. The van der Waals surface area contributed by atoms with E-state index in [2.05, 4.69) is 36.6 Å². The molecule has 0 bridgehead atoms. The van der Waals surface area contributed by atoms with Crippen LogP contribution in [-0.2, 0) is 16.0 Å². The van der Waals surface area contributed by atoms with Gasteiger partial charge in [0.25, 0.3) is 0 Å². The summed E-state index contributed by atoms with van der Waals surface area (Å²) in [6, 6.07) is 16.3. The Balaban J connectivity index is 1.66. The number of hydrogen-bond acceptors (Lipinski definition) is 4. The summed E-state index contributed by atoms with van der Waals surface area (Å²) in [6.07, 6.45) is 3.80. The lowest BCUT2D eigenvalue weighted by atomic mass is 9.90. The van der Waals surface area contributed by atoms with Crippen LogP contribution in [0.5, 0.6) is 11.5 Å². The van der Waals surface area contributed by atoms with Gasteiger partial charge in [-0.3, -0.25) is 15.0 Å². The summed E-state index contributed by atoms with van der Waals surface area (Å²) in [4.78, 5) is 23.1. The summed E-state index contributed by atoms with van der Waals surface area (Å²) < 4.78 is 11.5. The number of nitrogens with zero attached hydrogens (tertiary/aromatic N) is 1. The standard InChI is InChI=1S/C24H30N2O4/c1-4-18(19-9-6-5-7-10-19)11-8-12-20-15-21(29-3)13-14-22(20)30-24-16-23(28)26(24)25-17(2)27/h5-7,9-10,13-15,18,24H,4,8,11-12,16H2,1-3H3,(H,25,27). The molecule has 160 valence electrons. The van der Waals surface area contributed by atoms with Crippen molar-refractivity contribution in [2.24, 2.45) is 0 Å². The normalized spacial score (nSPS) is 16.6. The van der Waals surface area contributed by atoms with E-state index in [4.69, 9.17) is 9.47 Å². The van der Waals surface area contributed by atoms with Crippen LogP contribution in [0.25, 0.3) is 0 Å². The van der Waals surface area contributed by atoms with Crippen LogP contribution < -0.4 is 14.9 Å². The van der Waals surface area contributed by atoms with Gasteiger partial charge in [-0.05, 0) is 60.9 Å². The third-order valence-electron chi connectivity index (χ3n) is 5.48. The van der Waals surface area contributed by atoms with Crippen LogP contribution in [0.15, 0.2) is 48.5 Å². The maximum atomic E-state index is 11.8. The van der Waals surface area contributed by atoms with Crippen LogP contribution in [0.4, 0.5) is 0 Å². The molecule has 30 heavy (non-hydrogen) atoms. The van der Waals surface area contributed by atoms with Crippen molar-refractivity contribution in [1.29, 1.82) is 0 Å². The summed E-state index contributed by atoms with van der Waals surface area (Å²) in [5.41, 5.74) is 4.94. The number of hydrogen-bond donors (Lipinski definition) is 1. The molecule has 0 aromatic heterocycles. The van der Waals surface area contributed by atoms with Crippen molar-refractivity contribution in [3.05, 3.63) is 59.7 Å². The van der Waals surface area contributed by atoms with Gasteiger partial charge >= 0.3 is 0 Å². The van der Waals surface area contributed by atoms with Gasteiger partial charge in [0, 0.05) is 6.92 Å². The predicted octanol–water partition coefficient (Wildman–Crippen LogP) is 4.20. The van der Waals surface area contributed by atoms with E-state index in [1.807, 2.05) is 24.3 Å². The molecule has 6 heteroatoms. The SMILES string of the molecule is CCC(CCCc1cc(OC)ccc1OC1CC(=O)N1NC(C)=O)c1ccccc1. The number of β-lactam (4-membered cyclic amide) rings is 1. The molecule has 6 nitrogen and oxygen atoms in total. The summed E-state index contributed by atoms with van der Waals surface area (Å²) in [7, 11) is 1.64. The first-order valence-corrected chi connectivity index (χ1v) is 10.5. The Morgan fingerprint density at radius 1 is 1.23 bits per heavy atom. The molecule has 1 heterocycles. The van der Waals surface area contributed by atoms with Crippen molar-refractivity contribution in [3.63, 3.8) is 0 Å². The molecule has 2 atom stereocenters. The molecule has 2 aromatic carbocycles. The summed E-state index contributed by atoms with van der Waals surface area (Å²) in [5, 5.41) is 1.25. The van der Waals surface area contributed by atoms with E-state index in [0.29, 0.717) is 5.92 Å². The zero-order chi connectivity index (χ0) is 21.5. The first-order chi connectivity index (χ1) is 14.5. The summed E-state index contributed by atoms with van der Waals surface area (Å²) in [5.74, 6) is 1.57. The van der Waals surface area contributed by atoms with E-state index < -0.39 is 6.23 Å². The number of rotatable bonds is 10. The first-order valence-electron chi connectivity index (χ1n) is 10.5. The molecule has 3 rings (SSSR count).